The van der Waals surface area contributed by atoms with E-state index >= 15 is 0 Å². The zero-order chi connectivity index (χ0) is 17.7. The third-order valence-corrected chi connectivity index (χ3v) is 4.97. The van der Waals surface area contributed by atoms with Crippen LogP contribution in [0.15, 0.2) is 18.2 Å². The molecule has 1 aromatic rings. The fourth-order valence-corrected chi connectivity index (χ4v) is 3.03. The molecule has 0 unspecified atom stereocenters. The summed E-state index contributed by atoms with van der Waals surface area (Å²) in [6.07, 6.45) is 2.10. The van der Waals surface area contributed by atoms with Crippen LogP contribution in [0.25, 0.3) is 0 Å². The molecule has 5 nitrogen and oxygen atoms in total. The minimum atomic E-state index is -0.658. The number of anilines is 1. The van der Waals surface area contributed by atoms with Crippen LogP contribution < -0.4 is 10.6 Å². The molecule has 24 heavy (non-hydrogen) atoms. The molecule has 0 aliphatic carbocycles. The lowest BCUT2D eigenvalue weighted by atomic mass is 9.96. The molecular formula is C18H26ClN3O2. The van der Waals surface area contributed by atoms with E-state index in [9.17, 15) is 9.59 Å². The topological polar surface area (TPSA) is 61.4 Å². The van der Waals surface area contributed by atoms with E-state index in [1.807, 2.05) is 6.92 Å². The van der Waals surface area contributed by atoms with Crippen molar-refractivity contribution < 1.29 is 9.59 Å². The Morgan fingerprint density at radius 3 is 2.50 bits per heavy atom. The summed E-state index contributed by atoms with van der Waals surface area (Å²) in [4.78, 5) is 26.3. The predicted molar refractivity (Wildman–Crippen MR) is 97.3 cm³/mol. The molecule has 0 spiro atoms. The molecule has 6 heteroatoms. The fraction of sp³-hybridized carbons (Fsp3) is 0.556. The van der Waals surface area contributed by atoms with E-state index in [1.165, 1.54) is 0 Å². The highest BCUT2D eigenvalue weighted by atomic mass is 35.5. The average Bonchev–Trinajstić information content (AvgIpc) is 2.56. The number of carbonyl (C=O) groups excluding carboxylic acids is 2. The molecule has 2 N–H and O–H groups in total. The van der Waals surface area contributed by atoms with Crippen molar-refractivity contribution >= 4 is 29.1 Å². The molecule has 1 aromatic carbocycles. The van der Waals surface area contributed by atoms with E-state index in [4.69, 9.17) is 11.6 Å². The second-order valence-corrected chi connectivity index (χ2v) is 7.11. The van der Waals surface area contributed by atoms with Gasteiger partial charge in [-0.05, 0) is 70.3 Å². The summed E-state index contributed by atoms with van der Waals surface area (Å²) in [5.74, 6) is -0.821. The highest BCUT2D eigenvalue weighted by Gasteiger charge is 2.22. The van der Waals surface area contributed by atoms with Crippen LogP contribution in [0.5, 0.6) is 0 Å². The quantitative estimate of drug-likeness (QED) is 0.820. The van der Waals surface area contributed by atoms with E-state index in [0.717, 1.165) is 31.5 Å². The van der Waals surface area contributed by atoms with E-state index in [1.54, 1.807) is 18.2 Å². The van der Waals surface area contributed by atoms with Crippen molar-refractivity contribution in [3.63, 3.8) is 0 Å². The smallest absolute Gasteiger partial charge is 0.313 e. The van der Waals surface area contributed by atoms with Crippen LogP contribution in [0, 0.1) is 12.8 Å². The minimum absolute atomic E-state index is 0.436. The summed E-state index contributed by atoms with van der Waals surface area (Å²) in [6, 6.07) is 5.74. The highest BCUT2D eigenvalue weighted by Crippen LogP contribution is 2.20. The molecule has 0 bridgehead atoms. The van der Waals surface area contributed by atoms with Gasteiger partial charge in [0.1, 0.15) is 0 Å². The van der Waals surface area contributed by atoms with Crippen LogP contribution in [0.4, 0.5) is 5.69 Å². The van der Waals surface area contributed by atoms with E-state index in [2.05, 4.69) is 29.4 Å². The van der Waals surface area contributed by atoms with Crippen LogP contribution in [0.1, 0.15) is 32.3 Å². The zero-order valence-electron chi connectivity index (χ0n) is 14.6. The summed E-state index contributed by atoms with van der Waals surface area (Å²) in [5, 5.41) is 5.88. The van der Waals surface area contributed by atoms with Crippen molar-refractivity contribution in [3.8, 4) is 0 Å². The molecule has 1 fully saturated rings. The molecule has 1 aliphatic heterocycles. The van der Waals surface area contributed by atoms with Gasteiger partial charge in [-0.2, -0.15) is 0 Å². The van der Waals surface area contributed by atoms with Crippen LogP contribution in [0.2, 0.25) is 5.02 Å². The lowest BCUT2D eigenvalue weighted by Crippen LogP contribution is -2.43. The third kappa shape index (κ3) is 5.21. The number of piperidine rings is 1. The van der Waals surface area contributed by atoms with Gasteiger partial charge in [-0.25, -0.2) is 0 Å². The number of nitrogens with one attached hydrogen (secondary N) is 2. The molecule has 132 valence electrons. The van der Waals surface area contributed by atoms with Gasteiger partial charge in [0, 0.05) is 23.3 Å². The maximum absolute atomic E-state index is 11.9. The van der Waals surface area contributed by atoms with Crippen molar-refractivity contribution in [2.45, 2.75) is 39.7 Å². The molecule has 1 aliphatic rings. The first-order chi connectivity index (χ1) is 11.4. The van der Waals surface area contributed by atoms with Crippen LogP contribution in [-0.4, -0.2) is 42.4 Å². The molecule has 0 atom stereocenters. The Kier molecular flexibility index (Phi) is 6.63. The van der Waals surface area contributed by atoms with Gasteiger partial charge in [0.25, 0.3) is 0 Å². The number of benzene rings is 1. The largest absolute Gasteiger partial charge is 0.348 e. The summed E-state index contributed by atoms with van der Waals surface area (Å²) >= 11 is 6.02. The Morgan fingerprint density at radius 2 is 1.92 bits per heavy atom. The van der Waals surface area contributed by atoms with E-state index in [0.29, 0.717) is 29.2 Å². The Morgan fingerprint density at radius 1 is 1.25 bits per heavy atom. The van der Waals surface area contributed by atoms with Crippen molar-refractivity contribution in [1.82, 2.24) is 10.2 Å². The number of nitrogens with zero attached hydrogens (tertiary/aromatic N) is 1. The molecule has 0 aromatic heterocycles. The van der Waals surface area contributed by atoms with Gasteiger partial charge >= 0.3 is 11.8 Å². The number of amides is 2. The van der Waals surface area contributed by atoms with Crippen molar-refractivity contribution in [2.24, 2.45) is 5.92 Å². The molecule has 2 amide bonds. The average molecular weight is 352 g/mol. The van der Waals surface area contributed by atoms with Gasteiger partial charge in [-0.15, -0.1) is 0 Å². The molecule has 0 radical (unpaired) electrons. The maximum Gasteiger partial charge on any atom is 0.313 e. The first kappa shape index (κ1) is 18.7. The summed E-state index contributed by atoms with van der Waals surface area (Å²) < 4.78 is 0. The second kappa shape index (κ2) is 8.49. The number of likely N-dealkylation sites (tertiary alicyclic amines) is 1. The number of hydrogen-bond acceptors (Lipinski definition) is 3. The summed E-state index contributed by atoms with van der Waals surface area (Å²) in [5.41, 5.74) is 1.45. The van der Waals surface area contributed by atoms with Crippen LogP contribution >= 0.6 is 11.6 Å². The Hall–Kier alpha value is -1.59. The Labute approximate surface area is 148 Å². The summed E-state index contributed by atoms with van der Waals surface area (Å²) in [7, 11) is 0. The lowest BCUT2D eigenvalue weighted by molar-refractivity contribution is -0.136. The van der Waals surface area contributed by atoms with Gasteiger partial charge in [0.15, 0.2) is 0 Å². The van der Waals surface area contributed by atoms with Gasteiger partial charge in [0.2, 0.25) is 0 Å². The predicted octanol–water partition coefficient (Wildman–Crippen LogP) is 2.82. The van der Waals surface area contributed by atoms with Crippen molar-refractivity contribution in [3.05, 3.63) is 28.8 Å². The first-order valence-electron chi connectivity index (χ1n) is 8.46. The number of aryl methyl sites for hydroxylation is 1. The molecule has 1 saturated heterocycles. The summed E-state index contributed by atoms with van der Waals surface area (Å²) in [6.45, 7) is 8.92. The van der Waals surface area contributed by atoms with Gasteiger partial charge in [-0.3, -0.25) is 9.59 Å². The lowest BCUT2D eigenvalue weighted by Gasteiger charge is -2.34. The molecule has 2 rings (SSSR count). The highest BCUT2D eigenvalue weighted by molar-refractivity contribution is 6.39. The first-order valence-corrected chi connectivity index (χ1v) is 8.84. The van der Waals surface area contributed by atoms with E-state index < -0.39 is 11.8 Å². The maximum atomic E-state index is 11.9. The monoisotopic (exact) mass is 351 g/mol. The van der Waals surface area contributed by atoms with Crippen LogP contribution in [0.3, 0.4) is 0 Å². The number of carbonyl (C=O) groups is 2. The second-order valence-electron chi connectivity index (χ2n) is 6.70. The van der Waals surface area contributed by atoms with Gasteiger partial charge in [0.05, 0.1) is 0 Å². The molecular weight excluding hydrogens is 326 g/mol. The normalized spacial score (nSPS) is 16.2. The third-order valence-electron chi connectivity index (χ3n) is 4.57. The number of halogens is 1. The standard InChI is InChI=1S/C18H26ClN3O2/c1-12(2)22-8-6-14(7-9-22)11-20-17(23)18(24)21-15-5-4-13(3)16(19)10-15/h4-5,10,12,14H,6-9,11H2,1-3H3,(H,20,23)(H,21,24). The van der Waals surface area contributed by atoms with Gasteiger partial charge in [-0.1, -0.05) is 17.7 Å². The Bertz CT molecular complexity index is 596. The molecule has 1 heterocycles. The zero-order valence-corrected chi connectivity index (χ0v) is 15.3. The molecule has 0 saturated carbocycles. The van der Waals surface area contributed by atoms with Crippen molar-refractivity contribution in [1.29, 1.82) is 0 Å². The van der Waals surface area contributed by atoms with Crippen LogP contribution in [-0.2, 0) is 9.59 Å². The fourth-order valence-electron chi connectivity index (χ4n) is 2.85. The van der Waals surface area contributed by atoms with Crippen molar-refractivity contribution in [2.75, 3.05) is 25.0 Å². The minimum Gasteiger partial charge on any atom is -0.348 e. The number of hydrogen-bond donors (Lipinski definition) is 2. The Balaban J connectivity index is 1.76. The number of rotatable bonds is 4. The SMILES string of the molecule is Cc1ccc(NC(=O)C(=O)NCC2CCN(C(C)C)CC2)cc1Cl. The van der Waals surface area contributed by atoms with E-state index in [-0.39, 0.29) is 0 Å². The van der Waals surface area contributed by atoms with Gasteiger partial charge < -0.3 is 15.5 Å².